The first kappa shape index (κ1) is 19.2. The molecule has 6 atom stereocenters. The first-order valence-corrected chi connectivity index (χ1v) is 9.23. The van der Waals surface area contributed by atoms with Gasteiger partial charge in [0.2, 0.25) is 0 Å². The van der Waals surface area contributed by atoms with Crippen molar-refractivity contribution in [3.8, 4) is 0 Å². The van der Waals surface area contributed by atoms with Crippen LogP contribution in [0.25, 0.3) is 0 Å². The Bertz CT molecular complexity index is 482. The largest absolute Gasteiger partial charge is 0.469 e. The molecule has 136 valence electrons. The third kappa shape index (κ3) is 5.18. The Kier molecular flexibility index (Phi) is 7.05. The summed E-state index contributed by atoms with van der Waals surface area (Å²) in [6, 6.07) is 0. The zero-order chi connectivity index (χ0) is 17.7. The number of carbonyl (C=O) groups is 1. The number of aliphatic hydroxyl groups excluding tert-OH is 2. The molecule has 0 aromatic carbocycles. The second kappa shape index (κ2) is 8.82. The van der Waals surface area contributed by atoms with Gasteiger partial charge in [-0.25, -0.2) is 0 Å². The molecule has 24 heavy (non-hydrogen) atoms. The van der Waals surface area contributed by atoms with Crippen molar-refractivity contribution in [2.75, 3.05) is 7.11 Å². The van der Waals surface area contributed by atoms with Crippen LogP contribution in [0, 0.1) is 23.7 Å². The molecule has 0 radical (unpaired) electrons. The number of ether oxygens (including phenoxy) is 1. The molecule has 2 aliphatic carbocycles. The third-order valence-corrected chi connectivity index (χ3v) is 5.63. The monoisotopic (exact) mass is 336 g/mol. The molecule has 2 rings (SSSR count). The zero-order valence-electron chi connectivity index (χ0n) is 15.1. The average Bonchev–Trinajstić information content (AvgIpc) is 2.53. The van der Waals surface area contributed by atoms with Crippen molar-refractivity contribution in [2.24, 2.45) is 23.7 Å². The maximum absolute atomic E-state index is 11.2. The van der Waals surface area contributed by atoms with E-state index in [9.17, 15) is 15.0 Å². The molecule has 4 heteroatoms. The van der Waals surface area contributed by atoms with Crippen molar-refractivity contribution in [1.82, 2.24) is 0 Å². The zero-order valence-corrected chi connectivity index (χ0v) is 15.1. The molecule has 0 amide bonds. The molecule has 0 aromatic heterocycles. The summed E-state index contributed by atoms with van der Waals surface area (Å²) in [5.74, 6) is 1.91. The van der Waals surface area contributed by atoms with Gasteiger partial charge in [0, 0.05) is 0 Å². The van der Waals surface area contributed by atoms with Gasteiger partial charge < -0.3 is 14.9 Å². The number of esters is 1. The Hall–Kier alpha value is -1.13. The van der Waals surface area contributed by atoms with Crippen LogP contribution in [0.1, 0.15) is 52.4 Å². The smallest absolute Gasteiger partial charge is 0.308 e. The number of methoxy groups -OCH3 is 1. The molecule has 0 aliphatic heterocycles. The second-order valence-corrected chi connectivity index (χ2v) is 7.61. The summed E-state index contributed by atoms with van der Waals surface area (Å²) >= 11 is 0. The highest BCUT2D eigenvalue weighted by Crippen LogP contribution is 2.43. The van der Waals surface area contributed by atoms with Crippen LogP contribution < -0.4 is 0 Å². The van der Waals surface area contributed by atoms with Gasteiger partial charge in [-0.1, -0.05) is 32.1 Å². The number of allylic oxidation sites excluding steroid dienone is 4. The van der Waals surface area contributed by atoms with Crippen LogP contribution in [0.2, 0.25) is 0 Å². The lowest BCUT2D eigenvalue weighted by Gasteiger charge is -2.39. The Morgan fingerprint density at radius 2 is 2.04 bits per heavy atom. The van der Waals surface area contributed by atoms with Crippen LogP contribution in [0.3, 0.4) is 0 Å². The minimum Gasteiger partial charge on any atom is -0.469 e. The lowest BCUT2D eigenvalue weighted by atomic mass is 9.66. The number of fused-ring (bicyclic) bond motifs is 1. The fourth-order valence-electron chi connectivity index (χ4n) is 4.20. The van der Waals surface area contributed by atoms with Crippen molar-refractivity contribution < 1.29 is 19.7 Å². The molecule has 0 saturated carbocycles. The SMILES string of the molecule is COC(=O)CC(O)CC(O)CCC1C(C)C=CC2=CC(C)CCC21. The third-order valence-electron chi connectivity index (χ3n) is 5.63. The van der Waals surface area contributed by atoms with Crippen molar-refractivity contribution >= 4 is 5.97 Å². The van der Waals surface area contributed by atoms with Crippen LogP contribution in [-0.2, 0) is 9.53 Å². The standard InChI is InChI=1S/C20H32O4/c1-13-4-8-19-15(10-13)6-5-14(2)18(19)9-7-16(21)11-17(22)12-20(23)24-3/h5-6,10,13-14,16-19,21-22H,4,7-9,11-12H2,1-3H3. The molecular weight excluding hydrogens is 304 g/mol. The average molecular weight is 336 g/mol. The fraction of sp³-hybridized carbons (Fsp3) is 0.750. The molecule has 2 N–H and O–H groups in total. The molecule has 0 fully saturated rings. The molecule has 0 saturated heterocycles. The minimum absolute atomic E-state index is 0.0521. The summed E-state index contributed by atoms with van der Waals surface area (Å²) in [4.78, 5) is 11.2. The van der Waals surface area contributed by atoms with Gasteiger partial charge in [0.15, 0.2) is 0 Å². The fourth-order valence-corrected chi connectivity index (χ4v) is 4.20. The van der Waals surface area contributed by atoms with E-state index in [4.69, 9.17) is 0 Å². The Labute approximate surface area is 145 Å². The predicted molar refractivity (Wildman–Crippen MR) is 94.3 cm³/mol. The normalized spacial score (nSPS) is 31.8. The van der Waals surface area contributed by atoms with E-state index in [1.807, 2.05) is 0 Å². The van der Waals surface area contributed by atoms with Crippen LogP contribution in [0.4, 0.5) is 0 Å². The number of aliphatic hydroxyl groups is 2. The molecule has 0 bridgehead atoms. The molecule has 4 nitrogen and oxygen atoms in total. The number of hydrogen-bond donors (Lipinski definition) is 2. The Balaban J connectivity index is 1.85. The van der Waals surface area contributed by atoms with E-state index in [0.29, 0.717) is 30.1 Å². The van der Waals surface area contributed by atoms with E-state index in [2.05, 4.69) is 36.8 Å². The first-order valence-electron chi connectivity index (χ1n) is 9.23. The van der Waals surface area contributed by atoms with Gasteiger partial charge in [0.25, 0.3) is 0 Å². The van der Waals surface area contributed by atoms with E-state index in [1.54, 1.807) is 0 Å². The first-order chi connectivity index (χ1) is 11.4. The van der Waals surface area contributed by atoms with Gasteiger partial charge in [-0.3, -0.25) is 4.79 Å². The molecule has 0 aromatic rings. The summed E-state index contributed by atoms with van der Waals surface area (Å²) in [5.41, 5.74) is 1.47. The predicted octanol–water partition coefficient (Wildman–Crippen LogP) is 3.24. The molecule has 0 spiro atoms. The summed E-state index contributed by atoms with van der Waals surface area (Å²) in [5, 5.41) is 20.1. The number of hydrogen-bond acceptors (Lipinski definition) is 4. The van der Waals surface area contributed by atoms with Crippen molar-refractivity contribution in [3.63, 3.8) is 0 Å². The van der Waals surface area contributed by atoms with Gasteiger partial charge >= 0.3 is 5.97 Å². The van der Waals surface area contributed by atoms with Crippen LogP contribution in [-0.4, -0.2) is 35.5 Å². The van der Waals surface area contributed by atoms with E-state index in [1.165, 1.54) is 25.5 Å². The van der Waals surface area contributed by atoms with Crippen molar-refractivity contribution in [3.05, 3.63) is 23.8 Å². The van der Waals surface area contributed by atoms with Crippen molar-refractivity contribution in [2.45, 2.75) is 64.6 Å². The van der Waals surface area contributed by atoms with Crippen LogP contribution in [0.5, 0.6) is 0 Å². The molecule has 0 heterocycles. The van der Waals surface area contributed by atoms with Gasteiger partial charge in [0.05, 0.1) is 25.7 Å². The topological polar surface area (TPSA) is 66.8 Å². The second-order valence-electron chi connectivity index (χ2n) is 7.61. The highest BCUT2D eigenvalue weighted by atomic mass is 16.5. The van der Waals surface area contributed by atoms with E-state index >= 15 is 0 Å². The molecule has 2 aliphatic rings. The van der Waals surface area contributed by atoms with Crippen molar-refractivity contribution in [1.29, 1.82) is 0 Å². The van der Waals surface area contributed by atoms with Gasteiger partial charge in [-0.2, -0.15) is 0 Å². The highest BCUT2D eigenvalue weighted by molar-refractivity contribution is 5.69. The summed E-state index contributed by atoms with van der Waals surface area (Å²) in [7, 11) is 1.31. The van der Waals surface area contributed by atoms with E-state index < -0.39 is 18.2 Å². The lowest BCUT2D eigenvalue weighted by molar-refractivity contribution is -0.143. The van der Waals surface area contributed by atoms with Crippen LogP contribution in [0.15, 0.2) is 23.8 Å². The molecule has 6 unspecified atom stereocenters. The quantitative estimate of drug-likeness (QED) is 0.701. The van der Waals surface area contributed by atoms with E-state index in [0.717, 1.165) is 6.42 Å². The van der Waals surface area contributed by atoms with Crippen LogP contribution >= 0.6 is 0 Å². The van der Waals surface area contributed by atoms with Gasteiger partial charge in [-0.05, 0) is 61.3 Å². The lowest BCUT2D eigenvalue weighted by Crippen LogP contribution is -2.30. The summed E-state index contributed by atoms with van der Waals surface area (Å²) in [6.45, 7) is 4.53. The van der Waals surface area contributed by atoms with Gasteiger partial charge in [-0.15, -0.1) is 0 Å². The molecular formula is C20H32O4. The maximum atomic E-state index is 11.2. The summed E-state index contributed by atoms with van der Waals surface area (Å²) in [6.07, 6.45) is 9.86. The van der Waals surface area contributed by atoms with E-state index in [-0.39, 0.29) is 12.8 Å². The Morgan fingerprint density at radius 1 is 1.29 bits per heavy atom. The highest BCUT2D eigenvalue weighted by Gasteiger charge is 2.33. The maximum Gasteiger partial charge on any atom is 0.308 e. The van der Waals surface area contributed by atoms with Gasteiger partial charge in [0.1, 0.15) is 0 Å². The minimum atomic E-state index is -0.831. The number of rotatable bonds is 7. The number of carbonyl (C=O) groups excluding carboxylic acids is 1. The summed E-state index contributed by atoms with van der Waals surface area (Å²) < 4.78 is 4.55. The Morgan fingerprint density at radius 3 is 2.75 bits per heavy atom.